The summed E-state index contributed by atoms with van der Waals surface area (Å²) in [4.78, 5) is 27.1. The molecule has 1 amide bonds. The van der Waals surface area contributed by atoms with Crippen LogP contribution >= 0.6 is 15.9 Å². The zero-order chi connectivity index (χ0) is 19.8. The Morgan fingerprint density at radius 3 is 2.57 bits per heavy atom. The highest BCUT2D eigenvalue weighted by Crippen LogP contribution is 2.40. The highest BCUT2D eigenvalue weighted by atomic mass is 79.9. The van der Waals surface area contributed by atoms with E-state index in [-0.39, 0.29) is 24.0 Å². The summed E-state index contributed by atoms with van der Waals surface area (Å²) in [6.07, 6.45) is 1.64. The lowest BCUT2D eigenvalue weighted by Crippen LogP contribution is -2.36. The van der Waals surface area contributed by atoms with Crippen molar-refractivity contribution in [3.05, 3.63) is 63.5 Å². The van der Waals surface area contributed by atoms with Crippen molar-refractivity contribution in [1.82, 2.24) is 4.90 Å². The maximum atomic E-state index is 12.9. The first-order chi connectivity index (χ1) is 13.5. The Labute approximate surface area is 170 Å². The van der Waals surface area contributed by atoms with Gasteiger partial charge < -0.3 is 19.2 Å². The summed E-state index contributed by atoms with van der Waals surface area (Å²) >= 11 is 3.35. The summed E-state index contributed by atoms with van der Waals surface area (Å²) in [6.45, 7) is 2.73. The number of nitrogens with zero attached hydrogens (tertiary/aromatic N) is 1. The second-order valence-electron chi connectivity index (χ2n) is 7.04. The minimum atomic E-state index is -0.776. The molecule has 0 saturated carbocycles. The van der Waals surface area contributed by atoms with Gasteiger partial charge in [-0.15, -0.1) is 0 Å². The van der Waals surface area contributed by atoms with Gasteiger partial charge in [0.15, 0.2) is 0 Å². The van der Waals surface area contributed by atoms with Crippen LogP contribution in [0, 0.1) is 6.92 Å². The molecular weight excluding hydrogens is 426 g/mol. The fourth-order valence-electron chi connectivity index (χ4n) is 3.74. The molecule has 0 bridgehead atoms. The van der Waals surface area contributed by atoms with Crippen LogP contribution in [0.15, 0.2) is 50.9 Å². The second-order valence-corrected chi connectivity index (χ2v) is 7.96. The quantitative estimate of drug-likeness (QED) is 0.437. The summed E-state index contributed by atoms with van der Waals surface area (Å²) < 4.78 is 12.3. The monoisotopic (exact) mass is 445 g/mol. The largest absolute Gasteiger partial charge is 0.507 e. The van der Waals surface area contributed by atoms with Gasteiger partial charge in [0.05, 0.1) is 11.7 Å². The lowest BCUT2D eigenvalue weighted by Gasteiger charge is -2.25. The topological polar surface area (TPSA) is 80.0 Å². The first-order valence-electron chi connectivity index (χ1n) is 9.18. The molecule has 0 aliphatic carbocycles. The van der Waals surface area contributed by atoms with Gasteiger partial charge in [0.25, 0.3) is 11.7 Å². The summed E-state index contributed by atoms with van der Waals surface area (Å²) in [7, 11) is 0. The molecular formula is C21H20BrNO5. The average molecular weight is 446 g/mol. The van der Waals surface area contributed by atoms with Gasteiger partial charge in [0, 0.05) is 23.2 Å². The molecule has 0 spiro atoms. The first-order valence-corrected chi connectivity index (χ1v) is 9.97. The fraction of sp³-hybridized carbons (Fsp3) is 0.333. The molecule has 2 fully saturated rings. The summed E-state index contributed by atoms with van der Waals surface area (Å²) in [6, 6.07) is 9.66. The van der Waals surface area contributed by atoms with E-state index < -0.39 is 17.7 Å². The zero-order valence-electron chi connectivity index (χ0n) is 15.4. The number of ether oxygens (including phenoxy) is 1. The van der Waals surface area contributed by atoms with Gasteiger partial charge >= 0.3 is 0 Å². The van der Waals surface area contributed by atoms with Gasteiger partial charge in [-0.25, -0.2) is 0 Å². The molecule has 3 heterocycles. The maximum Gasteiger partial charge on any atom is 0.295 e. The van der Waals surface area contributed by atoms with Gasteiger partial charge in [0.1, 0.15) is 23.3 Å². The van der Waals surface area contributed by atoms with E-state index in [1.165, 1.54) is 4.90 Å². The van der Waals surface area contributed by atoms with Gasteiger partial charge in [-0.3, -0.25) is 9.59 Å². The predicted molar refractivity (Wildman–Crippen MR) is 106 cm³/mol. The van der Waals surface area contributed by atoms with Crippen LogP contribution in [0.1, 0.15) is 36.0 Å². The van der Waals surface area contributed by atoms with Crippen LogP contribution in [0.4, 0.5) is 0 Å². The zero-order valence-corrected chi connectivity index (χ0v) is 16.9. The van der Waals surface area contributed by atoms with Crippen molar-refractivity contribution in [2.24, 2.45) is 0 Å². The highest BCUT2D eigenvalue weighted by Gasteiger charge is 2.48. The number of Topliss-reactive ketones (excluding diaryl/α,β-unsaturated/α-hetero) is 1. The third-order valence-corrected chi connectivity index (χ3v) is 5.64. The highest BCUT2D eigenvalue weighted by molar-refractivity contribution is 9.10. The molecule has 2 aliphatic heterocycles. The maximum absolute atomic E-state index is 12.9. The van der Waals surface area contributed by atoms with Crippen molar-refractivity contribution < 1.29 is 23.8 Å². The number of carbonyl (C=O) groups is 2. The minimum absolute atomic E-state index is 0.0414. The molecule has 0 radical (unpaired) electrons. The molecule has 2 atom stereocenters. The predicted octanol–water partition coefficient (Wildman–Crippen LogP) is 3.95. The Hall–Kier alpha value is -2.38. The van der Waals surface area contributed by atoms with Crippen molar-refractivity contribution in [2.45, 2.75) is 31.9 Å². The Bertz CT molecular complexity index is 940. The molecule has 28 heavy (non-hydrogen) atoms. The number of benzene rings is 1. The lowest BCUT2D eigenvalue weighted by molar-refractivity contribution is -0.141. The van der Waals surface area contributed by atoms with Crippen LogP contribution in [-0.2, 0) is 14.3 Å². The molecule has 146 valence electrons. The summed E-state index contributed by atoms with van der Waals surface area (Å²) in [5.74, 6) is -0.444. The standard InChI is InChI=1S/C21H20BrNO5/c1-12-4-9-16(28-12)18-17(19(24)13-5-7-14(22)8-6-13)20(25)21(26)23(18)11-15-3-2-10-27-15/h4-9,15,18,24H,2-3,10-11H2,1H3/b19-17-. The van der Waals surface area contributed by atoms with E-state index in [0.29, 0.717) is 23.7 Å². The Morgan fingerprint density at radius 1 is 1.21 bits per heavy atom. The van der Waals surface area contributed by atoms with Crippen LogP contribution < -0.4 is 0 Å². The molecule has 4 rings (SSSR count). The third-order valence-electron chi connectivity index (χ3n) is 5.11. The minimum Gasteiger partial charge on any atom is -0.507 e. The number of aryl methyl sites for hydroxylation is 1. The van der Waals surface area contributed by atoms with E-state index in [9.17, 15) is 14.7 Å². The second kappa shape index (κ2) is 7.56. The van der Waals surface area contributed by atoms with E-state index in [1.54, 1.807) is 43.3 Å². The van der Waals surface area contributed by atoms with Crippen LogP contribution in [0.3, 0.4) is 0 Å². The molecule has 6 nitrogen and oxygen atoms in total. The number of hydrogen-bond acceptors (Lipinski definition) is 5. The Morgan fingerprint density at radius 2 is 1.96 bits per heavy atom. The molecule has 1 aromatic carbocycles. The van der Waals surface area contributed by atoms with Crippen LogP contribution in [0.2, 0.25) is 0 Å². The average Bonchev–Trinajstić information content (AvgIpc) is 3.39. The van der Waals surface area contributed by atoms with Crippen LogP contribution in [-0.4, -0.2) is 41.0 Å². The van der Waals surface area contributed by atoms with Crippen molar-refractivity contribution in [3.63, 3.8) is 0 Å². The van der Waals surface area contributed by atoms with E-state index >= 15 is 0 Å². The Kier molecular flexibility index (Phi) is 5.12. The molecule has 1 N–H and O–H groups in total. The molecule has 2 aromatic rings. The van der Waals surface area contributed by atoms with Gasteiger partial charge in [-0.05, 0) is 44.0 Å². The van der Waals surface area contributed by atoms with Crippen LogP contribution in [0.5, 0.6) is 0 Å². The molecule has 2 unspecified atom stereocenters. The number of aliphatic hydroxyl groups is 1. The number of aliphatic hydroxyl groups excluding tert-OH is 1. The molecule has 2 aliphatic rings. The summed E-state index contributed by atoms with van der Waals surface area (Å²) in [5, 5.41) is 10.9. The summed E-state index contributed by atoms with van der Waals surface area (Å²) in [5.41, 5.74) is 0.506. The normalized spacial score (nSPS) is 24.3. The fourth-order valence-corrected chi connectivity index (χ4v) is 4.00. The van der Waals surface area contributed by atoms with Gasteiger partial charge in [-0.2, -0.15) is 0 Å². The van der Waals surface area contributed by atoms with Crippen molar-refractivity contribution in [2.75, 3.05) is 13.2 Å². The van der Waals surface area contributed by atoms with Crippen molar-refractivity contribution in [1.29, 1.82) is 0 Å². The van der Waals surface area contributed by atoms with Crippen molar-refractivity contribution >= 4 is 33.4 Å². The molecule has 1 aromatic heterocycles. The van der Waals surface area contributed by atoms with E-state index in [0.717, 1.165) is 17.3 Å². The number of hydrogen-bond donors (Lipinski definition) is 1. The number of ketones is 1. The van der Waals surface area contributed by atoms with E-state index in [2.05, 4.69) is 15.9 Å². The smallest absolute Gasteiger partial charge is 0.295 e. The molecule has 2 saturated heterocycles. The Balaban J connectivity index is 1.80. The molecule has 7 heteroatoms. The van der Waals surface area contributed by atoms with Crippen LogP contribution in [0.25, 0.3) is 5.76 Å². The van der Waals surface area contributed by atoms with Gasteiger partial charge in [0.2, 0.25) is 0 Å². The van der Waals surface area contributed by atoms with E-state index in [4.69, 9.17) is 9.15 Å². The first kappa shape index (κ1) is 19.0. The number of rotatable bonds is 4. The number of furan rings is 1. The number of amides is 1. The van der Waals surface area contributed by atoms with E-state index in [1.807, 2.05) is 0 Å². The number of likely N-dealkylation sites (tertiary alicyclic amines) is 1. The van der Waals surface area contributed by atoms with Crippen molar-refractivity contribution in [3.8, 4) is 0 Å². The SMILES string of the molecule is Cc1ccc(C2/C(=C(/O)c3ccc(Br)cc3)C(=O)C(=O)N2CC2CCCO2)o1. The van der Waals surface area contributed by atoms with Gasteiger partial charge in [-0.1, -0.05) is 28.1 Å². The number of carbonyl (C=O) groups excluding carboxylic acids is 2. The number of halogens is 1. The lowest BCUT2D eigenvalue weighted by atomic mass is 9.99. The third kappa shape index (κ3) is 3.40.